The maximum atomic E-state index is 12.4. The van der Waals surface area contributed by atoms with Gasteiger partial charge in [0, 0.05) is 18.9 Å². The van der Waals surface area contributed by atoms with Gasteiger partial charge < -0.3 is 14.2 Å². The van der Waals surface area contributed by atoms with Gasteiger partial charge in [0.2, 0.25) is 5.60 Å². The lowest BCUT2D eigenvalue weighted by molar-refractivity contribution is -0.0309. The summed E-state index contributed by atoms with van der Waals surface area (Å²) < 4.78 is 17.2. The highest BCUT2D eigenvalue weighted by Gasteiger charge is 2.80. The van der Waals surface area contributed by atoms with Gasteiger partial charge >= 0.3 is 6.09 Å². The molecule has 1 saturated carbocycles. The largest absolute Gasteiger partial charge is 0.497 e. The molecule has 2 aliphatic heterocycles. The molecule has 0 aromatic carbocycles. The first-order chi connectivity index (χ1) is 9.61. The molecule has 5 nitrogen and oxygen atoms in total. The predicted molar refractivity (Wildman–Crippen MR) is 70.8 cm³/mol. The SMILES string of the molecule is COC1=C(OC)[C@]23OC(=O)N4CCC[C@H](C[C@H]2C)[C@@]43C1. The van der Waals surface area contributed by atoms with E-state index in [2.05, 4.69) is 6.92 Å². The van der Waals surface area contributed by atoms with Crippen LogP contribution in [0.4, 0.5) is 4.79 Å². The fourth-order valence-electron chi connectivity index (χ4n) is 5.43. The Kier molecular flexibility index (Phi) is 2.24. The van der Waals surface area contributed by atoms with Gasteiger partial charge in [-0.3, -0.25) is 4.90 Å². The van der Waals surface area contributed by atoms with Crippen LogP contribution in [0, 0.1) is 11.8 Å². The first-order valence-corrected chi connectivity index (χ1v) is 7.44. The van der Waals surface area contributed by atoms with Crippen molar-refractivity contribution in [3.05, 3.63) is 11.5 Å². The number of rotatable bonds is 2. The molecule has 2 aliphatic carbocycles. The third-order valence-electron chi connectivity index (χ3n) is 6.01. The zero-order chi connectivity index (χ0) is 14.1. The van der Waals surface area contributed by atoms with Crippen molar-refractivity contribution in [1.29, 1.82) is 0 Å². The Bertz CT molecular complexity index is 516. The molecule has 2 heterocycles. The van der Waals surface area contributed by atoms with Crippen LogP contribution in [0.5, 0.6) is 0 Å². The highest BCUT2D eigenvalue weighted by atomic mass is 16.6. The summed E-state index contributed by atoms with van der Waals surface area (Å²) in [6.45, 7) is 2.96. The molecule has 0 unspecified atom stereocenters. The summed E-state index contributed by atoms with van der Waals surface area (Å²) in [6, 6.07) is 0. The Morgan fingerprint density at radius 1 is 1.35 bits per heavy atom. The lowest BCUT2D eigenvalue weighted by atomic mass is 9.73. The molecule has 1 spiro atoms. The van der Waals surface area contributed by atoms with Gasteiger partial charge in [0.15, 0.2) is 5.76 Å². The number of amides is 1. The Balaban J connectivity index is 1.95. The van der Waals surface area contributed by atoms with Crippen LogP contribution in [-0.2, 0) is 14.2 Å². The number of nitrogens with zero attached hydrogens (tertiary/aromatic N) is 1. The van der Waals surface area contributed by atoms with Crippen molar-refractivity contribution >= 4 is 6.09 Å². The van der Waals surface area contributed by atoms with Gasteiger partial charge in [-0.2, -0.15) is 0 Å². The molecule has 0 radical (unpaired) electrons. The number of piperidine rings is 1. The Hall–Kier alpha value is -1.39. The van der Waals surface area contributed by atoms with Gasteiger partial charge in [-0.15, -0.1) is 0 Å². The minimum absolute atomic E-state index is 0.175. The zero-order valence-corrected chi connectivity index (χ0v) is 12.3. The van der Waals surface area contributed by atoms with E-state index in [0.29, 0.717) is 5.92 Å². The molecule has 0 aromatic heterocycles. The summed E-state index contributed by atoms with van der Waals surface area (Å²) in [5.41, 5.74) is -0.895. The number of hydrogen-bond acceptors (Lipinski definition) is 4. The average molecular weight is 279 g/mol. The number of hydrogen-bond donors (Lipinski definition) is 0. The number of carbonyl (C=O) groups is 1. The summed E-state index contributed by atoms with van der Waals surface area (Å²) in [5, 5.41) is 0. The van der Waals surface area contributed by atoms with Crippen molar-refractivity contribution in [1.82, 2.24) is 4.90 Å². The van der Waals surface area contributed by atoms with E-state index in [1.165, 1.54) is 0 Å². The maximum absolute atomic E-state index is 12.4. The molecule has 0 bridgehead atoms. The molecule has 5 heteroatoms. The molecular weight excluding hydrogens is 258 g/mol. The van der Waals surface area contributed by atoms with E-state index in [9.17, 15) is 4.79 Å². The van der Waals surface area contributed by atoms with E-state index in [4.69, 9.17) is 14.2 Å². The molecule has 0 N–H and O–H groups in total. The summed E-state index contributed by atoms with van der Waals surface area (Å²) in [4.78, 5) is 14.4. The van der Waals surface area contributed by atoms with Crippen molar-refractivity contribution in [3.8, 4) is 0 Å². The zero-order valence-electron chi connectivity index (χ0n) is 12.3. The van der Waals surface area contributed by atoms with Crippen molar-refractivity contribution in [3.63, 3.8) is 0 Å². The minimum Gasteiger partial charge on any atom is -0.497 e. The Labute approximate surface area is 118 Å². The Morgan fingerprint density at radius 3 is 2.85 bits per heavy atom. The lowest BCUT2D eigenvalue weighted by Gasteiger charge is -2.45. The van der Waals surface area contributed by atoms with Crippen LogP contribution in [0.2, 0.25) is 0 Å². The summed E-state index contributed by atoms with van der Waals surface area (Å²) in [7, 11) is 3.33. The van der Waals surface area contributed by atoms with Crippen LogP contribution in [0.3, 0.4) is 0 Å². The van der Waals surface area contributed by atoms with E-state index in [-0.39, 0.29) is 17.6 Å². The van der Waals surface area contributed by atoms with Gasteiger partial charge in [0.05, 0.1) is 14.2 Å². The van der Waals surface area contributed by atoms with Gasteiger partial charge in [0.25, 0.3) is 0 Å². The van der Waals surface area contributed by atoms with Crippen LogP contribution in [0.15, 0.2) is 11.5 Å². The van der Waals surface area contributed by atoms with Crippen LogP contribution in [0.25, 0.3) is 0 Å². The molecule has 110 valence electrons. The molecule has 4 aliphatic rings. The molecule has 0 aromatic rings. The monoisotopic (exact) mass is 279 g/mol. The van der Waals surface area contributed by atoms with Crippen LogP contribution >= 0.6 is 0 Å². The van der Waals surface area contributed by atoms with Crippen LogP contribution < -0.4 is 0 Å². The standard InChI is InChI=1S/C15H21NO4/c1-9-7-10-5-4-6-16-13(17)20-15(9)12(19-3)11(18-2)8-14(10,15)16/h9-10H,4-8H2,1-3H3/t9-,10-,14-,15-/m1/s1. The van der Waals surface area contributed by atoms with E-state index in [0.717, 1.165) is 43.7 Å². The number of ether oxygens (including phenoxy) is 3. The third-order valence-corrected chi connectivity index (χ3v) is 6.01. The third kappa shape index (κ3) is 1.00. The van der Waals surface area contributed by atoms with E-state index < -0.39 is 5.60 Å². The smallest absolute Gasteiger partial charge is 0.411 e. The summed E-state index contributed by atoms with van der Waals surface area (Å²) >= 11 is 0. The molecule has 4 atom stereocenters. The first-order valence-electron chi connectivity index (χ1n) is 7.44. The number of carbonyl (C=O) groups excluding carboxylic acids is 1. The van der Waals surface area contributed by atoms with E-state index in [1.807, 2.05) is 4.90 Å². The lowest BCUT2D eigenvalue weighted by Crippen LogP contribution is -2.60. The second-order valence-electron chi connectivity index (χ2n) is 6.49. The second-order valence-corrected chi connectivity index (χ2v) is 6.49. The van der Waals surface area contributed by atoms with Gasteiger partial charge in [-0.25, -0.2) is 4.79 Å². The molecule has 2 saturated heterocycles. The number of methoxy groups -OCH3 is 2. The van der Waals surface area contributed by atoms with E-state index in [1.54, 1.807) is 14.2 Å². The van der Waals surface area contributed by atoms with Crippen LogP contribution in [-0.4, -0.2) is 42.9 Å². The fraction of sp³-hybridized carbons (Fsp3) is 0.800. The molecule has 4 rings (SSSR count). The van der Waals surface area contributed by atoms with Crippen molar-refractivity contribution in [2.45, 2.75) is 43.7 Å². The summed E-state index contributed by atoms with van der Waals surface area (Å²) in [6.07, 6.45) is 3.87. The highest BCUT2D eigenvalue weighted by molar-refractivity contribution is 5.76. The predicted octanol–water partition coefficient (Wildman–Crippen LogP) is 2.27. The molecular formula is C15H21NO4. The topological polar surface area (TPSA) is 48.0 Å². The van der Waals surface area contributed by atoms with Crippen molar-refractivity contribution in [2.24, 2.45) is 11.8 Å². The van der Waals surface area contributed by atoms with Gasteiger partial charge in [-0.05, 0) is 25.2 Å². The van der Waals surface area contributed by atoms with Gasteiger partial charge in [-0.1, -0.05) is 6.92 Å². The van der Waals surface area contributed by atoms with Gasteiger partial charge in [0.1, 0.15) is 11.3 Å². The quantitative estimate of drug-likeness (QED) is 0.778. The fourth-order valence-corrected chi connectivity index (χ4v) is 5.43. The second kappa shape index (κ2) is 3.62. The molecule has 1 amide bonds. The normalized spacial score (nSPS) is 45.4. The Morgan fingerprint density at radius 2 is 2.15 bits per heavy atom. The molecule has 20 heavy (non-hydrogen) atoms. The van der Waals surface area contributed by atoms with Crippen molar-refractivity contribution < 1.29 is 19.0 Å². The summed E-state index contributed by atoms with van der Waals surface area (Å²) in [5.74, 6) is 2.34. The maximum Gasteiger partial charge on any atom is 0.411 e. The first kappa shape index (κ1) is 12.4. The van der Waals surface area contributed by atoms with Crippen LogP contribution in [0.1, 0.15) is 32.6 Å². The van der Waals surface area contributed by atoms with Crippen molar-refractivity contribution in [2.75, 3.05) is 20.8 Å². The highest BCUT2D eigenvalue weighted by Crippen LogP contribution is 2.68. The molecule has 3 fully saturated rings. The minimum atomic E-state index is -0.630. The average Bonchev–Trinajstić information content (AvgIpc) is 2.94. The van der Waals surface area contributed by atoms with E-state index >= 15 is 0 Å².